The number of nitrogens with one attached hydrogen (secondary N) is 1. The monoisotopic (exact) mass is 257 g/mol. The molecule has 6 heteroatoms. The van der Waals surface area contributed by atoms with Gasteiger partial charge in [0.15, 0.2) is 5.84 Å². The lowest BCUT2D eigenvalue weighted by molar-refractivity contribution is -0.123. The third-order valence-corrected chi connectivity index (χ3v) is 3.17. The molecule has 0 bridgehead atoms. The molecule has 0 radical (unpaired) electrons. The minimum absolute atomic E-state index is 0.00948. The number of nitrogens with two attached hydrogens (primary N) is 1. The van der Waals surface area contributed by atoms with Gasteiger partial charge in [0.1, 0.15) is 0 Å². The highest BCUT2D eigenvalue weighted by Crippen LogP contribution is 2.17. The van der Waals surface area contributed by atoms with Crippen LogP contribution in [0.15, 0.2) is 5.16 Å². The van der Waals surface area contributed by atoms with E-state index in [1.807, 2.05) is 0 Å². The summed E-state index contributed by atoms with van der Waals surface area (Å²) in [4.78, 5) is 11.8. The van der Waals surface area contributed by atoms with Gasteiger partial charge in [-0.15, -0.1) is 0 Å². The van der Waals surface area contributed by atoms with Gasteiger partial charge in [0.2, 0.25) is 5.91 Å². The summed E-state index contributed by atoms with van der Waals surface area (Å²) < 4.78 is 5.56. The van der Waals surface area contributed by atoms with Gasteiger partial charge >= 0.3 is 0 Å². The molecule has 1 aliphatic heterocycles. The highest BCUT2D eigenvalue weighted by molar-refractivity contribution is 5.93. The Bertz CT molecular complexity index is 310. The molecule has 6 nitrogen and oxygen atoms in total. The topological polar surface area (TPSA) is 96.9 Å². The van der Waals surface area contributed by atoms with Gasteiger partial charge in [-0.1, -0.05) is 5.16 Å². The number of hydrogen-bond acceptors (Lipinski definition) is 4. The predicted molar refractivity (Wildman–Crippen MR) is 68.5 cm³/mol. The van der Waals surface area contributed by atoms with Crippen molar-refractivity contribution in [2.24, 2.45) is 10.9 Å². The molecule has 0 aliphatic carbocycles. The number of nitrogens with zero attached hydrogens (tertiary/aromatic N) is 1. The number of carbonyl (C=O) groups is 1. The quantitative estimate of drug-likeness (QED) is 0.296. The van der Waals surface area contributed by atoms with Crippen LogP contribution in [0.3, 0.4) is 0 Å². The zero-order valence-corrected chi connectivity index (χ0v) is 11.1. The molecule has 104 valence electrons. The molecule has 0 spiro atoms. The second kappa shape index (κ2) is 6.58. The van der Waals surface area contributed by atoms with Crippen LogP contribution >= 0.6 is 0 Å². The molecular formula is C12H23N3O3. The summed E-state index contributed by atoms with van der Waals surface area (Å²) in [6.45, 7) is 4.18. The normalized spacial score (nSPS) is 21.7. The van der Waals surface area contributed by atoms with Crippen molar-refractivity contribution >= 4 is 11.7 Å². The Morgan fingerprint density at radius 2 is 2.28 bits per heavy atom. The second-order valence-electron chi connectivity index (χ2n) is 5.19. The lowest BCUT2D eigenvalue weighted by Gasteiger charge is -2.26. The molecule has 18 heavy (non-hydrogen) atoms. The first-order valence-electron chi connectivity index (χ1n) is 6.36. The molecule has 1 unspecified atom stereocenters. The van der Waals surface area contributed by atoms with Crippen LogP contribution in [0.25, 0.3) is 0 Å². The minimum atomic E-state index is -0.834. The van der Waals surface area contributed by atoms with Gasteiger partial charge in [0.25, 0.3) is 0 Å². The molecule has 1 heterocycles. The highest BCUT2D eigenvalue weighted by Gasteiger charge is 2.26. The number of carbonyl (C=O) groups excluding carboxylic acids is 1. The highest BCUT2D eigenvalue weighted by atomic mass is 16.5. The molecule has 1 atom stereocenters. The summed E-state index contributed by atoms with van der Waals surface area (Å²) in [5, 5.41) is 14.3. The Hall–Kier alpha value is -1.30. The third kappa shape index (κ3) is 4.52. The first kappa shape index (κ1) is 14.8. The van der Waals surface area contributed by atoms with E-state index in [1.165, 1.54) is 6.42 Å². The number of amidine groups is 1. The van der Waals surface area contributed by atoms with Crippen molar-refractivity contribution in [1.82, 2.24) is 5.32 Å². The molecule has 1 fully saturated rings. The largest absolute Gasteiger partial charge is 0.409 e. The van der Waals surface area contributed by atoms with E-state index in [1.54, 1.807) is 13.8 Å². The summed E-state index contributed by atoms with van der Waals surface area (Å²) in [5.41, 5.74) is 4.66. The second-order valence-corrected chi connectivity index (χ2v) is 5.19. The number of ether oxygens (including phenoxy) is 1. The van der Waals surface area contributed by atoms with Gasteiger partial charge in [0, 0.05) is 13.0 Å². The Balaban J connectivity index is 2.32. The third-order valence-electron chi connectivity index (χ3n) is 3.17. The van der Waals surface area contributed by atoms with Gasteiger partial charge in [-0.2, -0.15) is 0 Å². The maximum Gasteiger partial charge on any atom is 0.220 e. The molecule has 1 rings (SSSR count). The van der Waals surface area contributed by atoms with E-state index in [0.717, 1.165) is 25.9 Å². The van der Waals surface area contributed by atoms with Crippen LogP contribution in [-0.2, 0) is 9.53 Å². The van der Waals surface area contributed by atoms with Crippen molar-refractivity contribution in [2.75, 3.05) is 6.61 Å². The molecule has 4 N–H and O–H groups in total. The maximum absolute atomic E-state index is 11.8. The van der Waals surface area contributed by atoms with Crippen LogP contribution in [0.4, 0.5) is 0 Å². The van der Waals surface area contributed by atoms with Crippen molar-refractivity contribution < 1.29 is 14.7 Å². The zero-order valence-electron chi connectivity index (χ0n) is 11.1. The van der Waals surface area contributed by atoms with Gasteiger partial charge in [-0.3, -0.25) is 4.79 Å². The lowest BCUT2D eigenvalue weighted by Crippen LogP contribution is -2.53. The summed E-state index contributed by atoms with van der Waals surface area (Å²) in [5.74, 6) is -0.120. The summed E-state index contributed by atoms with van der Waals surface area (Å²) in [7, 11) is 0. The predicted octanol–water partition coefficient (Wildman–Crippen LogP) is 0.977. The fourth-order valence-electron chi connectivity index (χ4n) is 1.93. The molecule has 0 aromatic carbocycles. The van der Waals surface area contributed by atoms with E-state index >= 15 is 0 Å². The minimum Gasteiger partial charge on any atom is -0.409 e. The van der Waals surface area contributed by atoms with Crippen molar-refractivity contribution in [3.05, 3.63) is 0 Å². The summed E-state index contributed by atoms with van der Waals surface area (Å²) >= 11 is 0. The molecule has 1 saturated heterocycles. The Labute approximate surface area is 108 Å². The van der Waals surface area contributed by atoms with Gasteiger partial charge in [-0.25, -0.2) is 0 Å². The summed E-state index contributed by atoms with van der Waals surface area (Å²) in [6, 6.07) is 0. The van der Waals surface area contributed by atoms with Crippen LogP contribution in [0.2, 0.25) is 0 Å². The maximum atomic E-state index is 11.8. The van der Waals surface area contributed by atoms with E-state index in [0.29, 0.717) is 6.42 Å². The summed E-state index contributed by atoms with van der Waals surface area (Å²) in [6.07, 6.45) is 4.61. The van der Waals surface area contributed by atoms with Crippen LogP contribution in [0.1, 0.15) is 46.0 Å². The molecule has 1 amide bonds. The molecular weight excluding hydrogens is 234 g/mol. The molecule has 1 aliphatic rings. The van der Waals surface area contributed by atoms with Crippen LogP contribution in [-0.4, -0.2) is 35.2 Å². The van der Waals surface area contributed by atoms with E-state index in [2.05, 4.69) is 10.5 Å². The average molecular weight is 257 g/mol. The number of rotatable bonds is 5. The van der Waals surface area contributed by atoms with Crippen LogP contribution < -0.4 is 11.1 Å². The fraction of sp³-hybridized carbons (Fsp3) is 0.833. The van der Waals surface area contributed by atoms with Gasteiger partial charge in [0.05, 0.1) is 11.6 Å². The van der Waals surface area contributed by atoms with Crippen molar-refractivity contribution in [3.8, 4) is 0 Å². The van der Waals surface area contributed by atoms with Gasteiger partial charge < -0.3 is 21.0 Å². The molecule has 0 aromatic heterocycles. The van der Waals surface area contributed by atoms with E-state index in [4.69, 9.17) is 15.7 Å². The zero-order chi connectivity index (χ0) is 13.6. The van der Waals surface area contributed by atoms with Crippen molar-refractivity contribution in [1.29, 1.82) is 0 Å². The Morgan fingerprint density at radius 1 is 1.56 bits per heavy atom. The van der Waals surface area contributed by atoms with Crippen LogP contribution in [0, 0.1) is 0 Å². The Kier molecular flexibility index (Phi) is 5.40. The number of oxime groups is 1. The van der Waals surface area contributed by atoms with E-state index < -0.39 is 5.54 Å². The molecule has 0 aromatic rings. The number of amides is 1. The van der Waals surface area contributed by atoms with Crippen molar-refractivity contribution in [2.45, 2.75) is 57.6 Å². The first-order valence-corrected chi connectivity index (χ1v) is 6.36. The number of hydrogen-bond donors (Lipinski definition) is 3. The van der Waals surface area contributed by atoms with E-state index in [9.17, 15) is 4.79 Å². The Morgan fingerprint density at radius 3 is 2.83 bits per heavy atom. The van der Waals surface area contributed by atoms with Crippen LogP contribution in [0.5, 0.6) is 0 Å². The average Bonchev–Trinajstić information content (AvgIpc) is 2.36. The molecule has 0 saturated carbocycles. The fourth-order valence-corrected chi connectivity index (χ4v) is 1.93. The SMILES string of the molecule is CC(C)(NC(=O)CCC1CCCCO1)C(N)=NO. The standard InChI is InChI=1S/C12H23N3O3/c1-12(2,11(13)15-17)14-10(16)7-6-9-5-3-4-8-18-9/h9,17H,3-8H2,1-2H3,(H2,13,15)(H,14,16). The lowest BCUT2D eigenvalue weighted by atomic mass is 10.0. The van der Waals surface area contributed by atoms with E-state index in [-0.39, 0.29) is 17.8 Å². The smallest absolute Gasteiger partial charge is 0.220 e. The van der Waals surface area contributed by atoms with Crippen molar-refractivity contribution in [3.63, 3.8) is 0 Å². The van der Waals surface area contributed by atoms with Gasteiger partial charge in [-0.05, 0) is 39.5 Å². The first-order chi connectivity index (χ1) is 8.45.